The summed E-state index contributed by atoms with van der Waals surface area (Å²) >= 11 is 0. The van der Waals surface area contributed by atoms with Crippen LogP contribution in [0.2, 0.25) is 0 Å². The molecule has 0 aliphatic carbocycles. The molecule has 0 atom stereocenters. The number of hydrogen-bond acceptors (Lipinski definition) is 5. The van der Waals surface area contributed by atoms with Crippen molar-refractivity contribution < 1.29 is 27.0 Å². The van der Waals surface area contributed by atoms with Crippen LogP contribution < -0.4 is 15.0 Å². The van der Waals surface area contributed by atoms with Gasteiger partial charge in [0.2, 0.25) is 10.0 Å². The number of aromatic hydroxyl groups is 1. The summed E-state index contributed by atoms with van der Waals surface area (Å²) in [6.07, 6.45) is 1.41. The van der Waals surface area contributed by atoms with Crippen LogP contribution >= 0.6 is 0 Å². The Morgan fingerprint density at radius 3 is 2.43 bits per heavy atom. The molecule has 158 valence electrons. The molecular formula is C20H18F2N2O5S. The molecule has 7 nitrogen and oxygen atoms in total. The van der Waals surface area contributed by atoms with Crippen LogP contribution in [0.1, 0.15) is 6.92 Å². The first-order valence-electron chi connectivity index (χ1n) is 8.77. The molecule has 0 unspecified atom stereocenters. The van der Waals surface area contributed by atoms with Gasteiger partial charge in [0, 0.05) is 36.1 Å². The highest BCUT2D eigenvalue weighted by Gasteiger charge is 2.16. The molecule has 30 heavy (non-hydrogen) atoms. The van der Waals surface area contributed by atoms with Gasteiger partial charge in [-0.25, -0.2) is 17.2 Å². The van der Waals surface area contributed by atoms with E-state index >= 15 is 0 Å². The minimum Gasteiger partial charge on any atom is -0.503 e. The number of nitrogens with zero attached hydrogens (tertiary/aromatic N) is 1. The lowest BCUT2D eigenvalue weighted by Gasteiger charge is -2.15. The molecule has 0 radical (unpaired) electrons. The van der Waals surface area contributed by atoms with Gasteiger partial charge in [-0.1, -0.05) is 0 Å². The molecule has 10 heteroatoms. The predicted octanol–water partition coefficient (Wildman–Crippen LogP) is 3.59. The van der Waals surface area contributed by atoms with Gasteiger partial charge in [0.05, 0.1) is 5.75 Å². The topological polar surface area (TPSA) is 97.6 Å². The van der Waals surface area contributed by atoms with E-state index in [1.54, 1.807) is 0 Å². The highest BCUT2D eigenvalue weighted by Crippen LogP contribution is 2.37. The van der Waals surface area contributed by atoms with Crippen LogP contribution in [0.15, 0.2) is 53.5 Å². The lowest BCUT2D eigenvalue weighted by molar-refractivity contribution is 0.439. The molecule has 0 aliphatic rings. The van der Waals surface area contributed by atoms with Crippen LogP contribution in [-0.2, 0) is 17.1 Å². The number of hydrogen-bond donors (Lipinski definition) is 2. The van der Waals surface area contributed by atoms with Crippen LogP contribution in [-0.4, -0.2) is 23.8 Å². The maximum atomic E-state index is 14.1. The molecule has 0 spiro atoms. The first-order valence-corrected chi connectivity index (χ1v) is 10.4. The lowest BCUT2D eigenvalue weighted by atomic mass is 10.1. The normalized spacial score (nSPS) is 11.3. The zero-order valence-electron chi connectivity index (χ0n) is 16.0. The quantitative estimate of drug-likeness (QED) is 0.616. The van der Waals surface area contributed by atoms with Gasteiger partial charge in [-0.15, -0.1) is 0 Å². The third-order valence-corrected chi connectivity index (χ3v) is 5.53. The van der Waals surface area contributed by atoms with Gasteiger partial charge in [0.15, 0.2) is 17.3 Å². The number of ether oxygens (including phenoxy) is 1. The number of pyridine rings is 1. The third kappa shape index (κ3) is 4.60. The predicted molar refractivity (Wildman–Crippen MR) is 108 cm³/mol. The van der Waals surface area contributed by atoms with Crippen molar-refractivity contribution >= 4 is 15.7 Å². The van der Waals surface area contributed by atoms with Crippen molar-refractivity contribution in [3.63, 3.8) is 0 Å². The summed E-state index contributed by atoms with van der Waals surface area (Å²) in [4.78, 5) is 11.8. The summed E-state index contributed by atoms with van der Waals surface area (Å²) in [6.45, 7) is 1.48. The van der Waals surface area contributed by atoms with Crippen molar-refractivity contribution in [3.05, 3.63) is 70.6 Å². The molecule has 1 heterocycles. The average Bonchev–Trinajstić information content (AvgIpc) is 2.68. The third-order valence-electron chi connectivity index (χ3n) is 4.22. The fourth-order valence-electron chi connectivity index (χ4n) is 2.68. The fraction of sp³-hybridized carbons (Fsp3) is 0.150. The number of nitrogens with one attached hydrogen (secondary N) is 1. The van der Waals surface area contributed by atoms with E-state index in [0.29, 0.717) is 11.6 Å². The molecule has 3 rings (SSSR count). The SMILES string of the molecule is CCS(=O)(=O)Nc1ccc(Oc2ccc(F)cc2F)c(-c2cc(O)c(=O)n(C)c2)c1. The van der Waals surface area contributed by atoms with Crippen molar-refractivity contribution in [3.8, 4) is 28.4 Å². The van der Waals surface area contributed by atoms with Crippen LogP contribution in [0.4, 0.5) is 14.5 Å². The van der Waals surface area contributed by atoms with Crippen molar-refractivity contribution in [1.29, 1.82) is 0 Å². The maximum absolute atomic E-state index is 14.1. The number of halogens is 2. The Morgan fingerprint density at radius 1 is 1.10 bits per heavy atom. The van der Waals surface area contributed by atoms with Gasteiger partial charge < -0.3 is 14.4 Å². The smallest absolute Gasteiger partial charge is 0.292 e. The molecule has 0 saturated heterocycles. The largest absolute Gasteiger partial charge is 0.503 e. The molecule has 0 bridgehead atoms. The van der Waals surface area contributed by atoms with Gasteiger partial charge in [0.1, 0.15) is 11.6 Å². The van der Waals surface area contributed by atoms with Crippen molar-refractivity contribution in [2.24, 2.45) is 7.05 Å². The fourth-order valence-corrected chi connectivity index (χ4v) is 3.31. The van der Waals surface area contributed by atoms with Crippen molar-refractivity contribution in [2.45, 2.75) is 6.92 Å². The summed E-state index contributed by atoms with van der Waals surface area (Å²) in [6, 6.07) is 8.22. The highest BCUT2D eigenvalue weighted by atomic mass is 32.2. The van der Waals surface area contributed by atoms with Crippen LogP contribution in [0.3, 0.4) is 0 Å². The Morgan fingerprint density at radius 2 is 1.80 bits per heavy atom. The highest BCUT2D eigenvalue weighted by molar-refractivity contribution is 7.92. The average molecular weight is 436 g/mol. The molecule has 0 aliphatic heterocycles. The van der Waals surface area contributed by atoms with Crippen molar-refractivity contribution in [2.75, 3.05) is 10.5 Å². The molecule has 3 aromatic rings. The van der Waals surface area contributed by atoms with Gasteiger partial charge in [-0.2, -0.15) is 0 Å². The number of anilines is 1. The minimum atomic E-state index is -3.57. The monoisotopic (exact) mass is 436 g/mol. The van der Waals surface area contributed by atoms with Crippen LogP contribution in [0, 0.1) is 11.6 Å². The Labute approximate surface area is 171 Å². The number of aryl methyl sites for hydroxylation is 1. The number of benzene rings is 2. The van der Waals surface area contributed by atoms with Crippen molar-refractivity contribution in [1.82, 2.24) is 4.57 Å². The Hall–Kier alpha value is -3.40. The summed E-state index contributed by atoms with van der Waals surface area (Å²) < 4.78 is 60.2. The second kappa shape index (κ2) is 8.15. The molecule has 0 amide bonds. The molecule has 0 fully saturated rings. The van der Waals surface area contributed by atoms with E-state index in [2.05, 4.69) is 4.72 Å². The van der Waals surface area contributed by atoms with Crippen LogP contribution in [0.5, 0.6) is 17.2 Å². The zero-order valence-corrected chi connectivity index (χ0v) is 16.8. The Bertz CT molecular complexity index is 1250. The lowest BCUT2D eigenvalue weighted by Crippen LogP contribution is -2.16. The second-order valence-corrected chi connectivity index (χ2v) is 8.43. The van der Waals surface area contributed by atoms with E-state index < -0.39 is 33.0 Å². The molecule has 2 aromatic carbocycles. The van der Waals surface area contributed by atoms with Gasteiger partial charge in [-0.05, 0) is 43.3 Å². The van der Waals surface area contributed by atoms with E-state index in [0.717, 1.165) is 16.7 Å². The first-order chi connectivity index (χ1) is 14.1. The summed E-state index contributed by atoms with van der Waals surface area (Å²) in [5.41, 5.74) is 0.145. The Balaban J connectivity index is 2.15. The summed E-state index contributed by atoms with van der Waals surface area (Å²) in [5, 5.41) is 9.90. The first kappa shape index (κ1) is 21.3. The summed E-state index contributed by atoms with van der Waals surface area (Å²) in [5.74, 6) is -2.55. The van der Waals surface area contributed by atoms with E-state index in [1.807, 2.05) is 0 Å². The summed E-state index contributed by atoms with van der Waals surface area (Å²) in [7, 11) is -2.15. The molecule has 1 aromatic heterocycles. The number of sulfonamides is 1. The second-order valence-electron chi connectivity index (χ2n) is 6.42. The molecule has 0 saturated carbocycles. The van der Waals surface area contributed by atoms with Gasteiger partial charge in [-0.3, -0.25) is 9.52 Å². The molecular weight excluding hydrogens is 418 g/mol. The minimum absolute atomic E-state index is 0.0954. The Kier molecular flexibility index (Phi) is 5.79. The van der Waals surface area contributed by atoms with Gasteiger partial charge in [0.25, 0.3) is 5.56 Å². The van der Waals surface area contributed by atoms with Gasteiger partial charge >= 0.3 is 0 Å². The van der Waals surface area contributed by atoms with E-state index in [1.165, 1.54) is 44.4 Å². The van der Waals surface area contributed by atoms with E-state index in [-0.39, 0.29) is 28.5 Å². The standard InChI is InChI=1S/C20H18F2N2O5S/c1-3-30(27,28)23-14-5-7-18(29-19-6-4-13(21)9-16(19)22)15(10-14)12-8-17(25)20(26)24(2)11-12/h4-11,23,25H,3H2,1-2H3. The van der Waals surface area contributed by atoms with E-state index in [4.69, 9.17) is 4.74 Å². The van der Waals surface area contributed by atoms with E-state index in [9.17, 15) is 27.1 Å². The number of rotatable bonds is 6. The maximum Gasteiger partial charge on any atom is 0.292 e. The molecule has 2 N–H and O–H groups in total. The van der Waals surface area contributed by atoms with Crippen LogP contribution in [0.25, 0.3) is 11.1 Å². The number of aromatic nitrogens is 1. The zero-order chi connectivity index (χ0) is 22.1.